The molecule has 1 saturated heterocycles. The molecule has 160 valence electrons. The lowest BCUT2D eigenvalue weighted by Crippen LogP contribution is -2.38. The zero-order chi connectivity index (χ0) is 21.9. The Morgan fingerprint density at radius 3 is 2.10 bits per heavy atom. The van der Waals surface area contributed by atoms with Crippen LogP contribution in [0, 0.1) is 5.92 Å². The number of carbonyl (C=O) groups is 3. The van der Waals surface area contributed by atoms with Crippen LogP contribution < -0.4 is 10.5 Å². The summed E-state index contributed by atoms with van der Waals surface area (Å²) in [6.07, 6.45) is 1.72. The highest BCUT2D eigenvalue weighted by Gasteiger charge is 2.22. The van der Waals surface area contributed by atoms with Gasteiger partial charge in [-0.05, 0) is 49.2 Å². The van der Waals surface area contributed by atoms with Gasteiger partial charge in [-0.2, -0.15) is 0 Å². The molecule has 1 fully saturated rings. The van der Waals surface area contributed by atoms with Crippen molar-refractivity contribution < 1.29 is 29.3 Å². The summed E-state index contributed by atoms with van der Waals surface area (Å²) in [6.45, 7) is 3.30. The Labute approximate surface area is 174 Å². The monoisotopic (exact) mass is 414 g/mol. The van der Waals surface area contributed by atoms with Crippen LogP contribution in [0.15, 0.2) is 54.6 Å². The fourth-order valence-corrected chi connectivity index (χ4v) is 3.11. The maximum atomic E-state index is 11.2. The quantitative estimate of drug-likeness (QED) is 0.617. The van der Waals surface area contributed by atoms with Gasteiger partial charge in [0.05, 0.1) is 0 Å². The largest absolute Gasteiger partial charge is 0.489 e. The van der Waals surface area contributed by atoms with E-state index in [1.165, 1.54) is 5.56 Å². The summed E-state index contributed by atoms with van der Waals surface area (Å²) < 4.78 is 5.89. The number of carboxylic acids is 2. The molecule has 0 radical (unpaired) electrons. The maximum Gasteiger partial charge on any atom is 0.414 e. The van der Waals surface area contributed by atoms with E-state index in [2.05, 4.69) is 29.2 Å². The van der Waals surface area contributed by atoms with Crippen molar-refractivity contribution in [1.82, 2.24) is 4.90 Å². The first-order chi connectivity index (χ1) is 14.3. The van der Waals surface area contributed by atoms with Crippen LogP contribution in [0.4, 0.5) is 0 Å². The number of hydrogen-bond donors (Lipinski definition) is 3. The highest BCUT2D eigenvalue weighted by molar-refractivity contribution is 6.27. The van der Waals surface area contributed by atoms with Crippen LogP contribution >= 0.6 is 0 Å². The number of nitrogens with two attached hydrogens (primary N) is 1. The number of amides is 1. The van der Waals surface area contributed by atoms with Crippen LogP contribution in [0.5, 0.6) is 5.75 Å². The fourth-order valence-electron chi connectivity index (χ4n) is 3.11. The van der Waals surface area contributed by atoms with E-state index in [1.54, 1.807) is 0 Å². The normalized spacial score (nSPS) is 14.3. The molecule has 1 amide bonds. The van der Waals surface area contributed by atoms with Crippen LogP contribution in [0.3, 0.4) is 0 Å². The van der Waals surface area contributed by atoms with Crippen LogP contribution in [-0.4, -0.2) is 46.0 Å². The Kier molecular flexibility index (Phi) is 8.83. The van der Waals surface area contributed by atoms with Crippen molar-refractivity contribution in [2.45, 2.75) is 26.0 Å². The smallest absolute Gasteiger partial charge is 0.414 e. The second-order valence-electron chi connectivity index (χ2n) is 6.98. The molecule has 8 heteroatoms. The number of carboxylic acid groups (broad SMARTS) is 2. The third kappa shape index (κ3) is 7.92. The van der Waals surface area contributed by atoms with Gasteiger partial charge in [0.25, 0.3) is 0 Å². The number of benzene rings is 2. The second kappa shape index (κ2) is 11.6. The third-order valence-corrected chi connectivity index (χ3v) is 4.73. The van der Waals surface area contributed by atoms with Crippen molar-refractivity contribution in [2.24, 2.45) is 11.7 Å². The third-order valence-electron chi connectivity index (χ3n) is 4.73. The van der Waals surface area contributed by atoms with Gasteiger partial charge in [0.2, 0.25) is 5.91 Å². The topological polar surface area (TPSA) is 130 Å². The lowest BCUT2D eigenvalue weighted by atomic mass is 9.96. The van der Waals surface area contributed by atoms with Gasteiger partial charge >= 0.3 is 11.9 Å². The molecule has 0 atom stereocenters. The van der Waals surface area contributed by atoms with E-state index in [0.717, 1.165) is 43.8 Å². The number of primary amides is 1. The minimum absolute atomic E-state index is 0.0433. The van der Waals surface area contributed by atoms with Crippen molar-refractivity contribution in [3.63, 3.8) is 0 Å². The minimum Gasteiger partial charge on any atom is -0.489 e. The molecule has 1 heterocycles. The number of piperidine rings is 1. The molecule has 2 aromatic carbocycles. The molecule has 8 nitrogen and oxygen atoms in total. The summed E-state index contributed by atoms with van der Waals surface area (Å²) in [5, 5.41) is 14.8. The Hall–Kier alpha value is -3.39. The van der Waals surface area contributed by atoms with Crippen LogP contribution in [0.1, 0.15) is 24.0 Å². The summed E-state index contributed by atoms with van der Waals surface area (Å²) in [7, 11) is 0. The highest BCUT2D eigenvalue weighted by atomic mass is 16.5. The molecule has 0 saturated carbocycles. The Morgan fingerprint density at radius 1 is 0.933 bits per heavy atom. The predicted octanol–water partition coefficient (Wildman–Crippen LogP) is 2.12. The van der Waals surface area contributed by atoms with Crippen LogP contribution in [0.25, 0.3) is 0 Å². The SMILES string of the molecule is NC(=O)C1CCN(Cc2cccc(OCc3ccccc3)c2)CC1.O=C(O)C(=O)O. The molecule has 4 N–H and O–H groups in total. The van der Waals surface area contributed by atoms with E-state index < -0.39 is 11.9 Å². The zero-order valence-corrected chi connectivity index (χ0v) is 16.6. The van der Waals surface area contributed by atoms with E-state index in [1.807, 2.05) is 30.3 Å². The molecule has 2 aromatic rings. The Bertz CT molecular complexity index is 836. The number of hydrogen-bond acceptors (Lipinski definition) is 5. The summed E-state index contributed by atoms with van der Waals surface area (Å²) in [5.41, 5.74) is 7.79. The lowest BCUT2D eigenvalue weighted by Gasteiger charge is -2.30. The fraction of sp³-hybridized carbons (Fsp3) is 0.318. The van der Waals surface area contributed by atoms with Crippen molar-refractivity contribution in [2.75, 3.05) is 13.1 Å². The van der Waals surface area contributed by atoms with Gasteiger partial charge in [0, 0.05) is 12.5 Å². The Balaban J connectivity index is 0.000000469. The first kappa shape index (κ1) is 22.9. The average molecular weight is 414 g/mol. The molecule has 1 aliphatic rings. The number of rotatable bonds is 6. The van der Waals surface area contributed by atoms with Crippen molar-refractivity contribution in [1.29, 1.82) is 0 Å². The lowest BCUT2D eigenvalue weighted by molar-refractivity contribution is -0.159. The van der Waals surface area contributed by atoms with Crippen molar-refractivity contribution in [3.8, 4) is 5.75 Å². The molecule has 3 rings (SSSR count). The van der Waals surface area contributed by atoms with E-state index in [4.69, 9.17) is 30.3 Å². The molecular formula is C22H26N2O6. The van der Waals surface area contributed by atoms with Gasteiger partial charge in [0.1, 0.15) is 12.4 Å². The molecular weight excluding hydrogens is 388 g/mol. The van der Waals surface area contributed by atoms with Gasteiger partial charge in [-0.1, -0.05) is 42.5 Å². The van der Waals surface area contributed by atoms with Crippen molar-refractivity contribution in [3.05, 3.63) is 65.7 Å². The van der Waals surface area contributed by atoms with E-state index in [9.17, 15) is 4.79 Å². The highest BCUT2D eigenvalue weighted by Crippen LogP contribution is 2.21. The number of aliphatic carboxylic acids is 2. The van der Waals surface area contributed by atoms with E-state index in [-0.39, 0.29) is 11.8 Å². The summed E-state index contributed by atoms with van der Waals surface area (Å²) in [6, 6.07) is 18.4. The predicted molar refractivity (Wildman–Crippen MR) is 110 cm³/mol. The van der Waals surface area contributed by atoms with Gasteiger partial charge in [0.15, 0.2) is 0 Å². The van der Waals surface area contributed by atoms with Crippen molar-refractivity contribution >= 4 is 17.8 Å². The zero-order valence-electron chi connectivity index (χ0n) is 16.6. The molecule has 30 heavy (non-hydrogen) atoms. The minimum atomic E-state index is -1.82. The summed E-state index contributed by atoms with van der Waals surface area (Å²) in [5.74, 6) is -2.87. The van der Waals surface area contributed by atoms with Crippen LogP contribution in [0.2, 0.25) is 0 Å². The second-order valence-corrected chi connectivity index (χ2v) is 6.98. The number of nitrogens with zero attached hydrogens (tertiary/aromatic N) is 1. The Morgan fingerprint density at radius 2 is 1.53 bits per heavy atom. The molecule has 0 aliphatic carbocycles. The summed E-state index contributed by atoms with van der Waals surface area (Å²) in [4.78, 5) is 31.8. The number of carbonyl (C=O) groups excluding carboxylic acids is 1. The van der Waals surface area contributed by atoms with E-state index in [0.29, 0.717) is 6.61 Å². The first-order valence-electron chi connectivity index (χ1n) is 9.58. The molecule has 0 bridgehead atoms. The standard InChI is InChI=1S/C20H24N2O2.C2H2O4/c21-20(23)18-9-11-22(12-10-18)14-17-7-4-8-19(13-17)24-15-16-5-2-1-3-6-16;3-1(4)2(5)6/h1-8,13,18H,9-12,14-15H2,(H2,21,23);(H,3,4)(H,5,6). The first-order valence-corrected chi connectivity index (χ1v) is 9.58. The molecule has 0 unspecified atom stereocenters. The van der Waals surface area contributed by atoms with Gasteiger partial charge in [-0.3, -0.25) is 9.69 Å². The average Bonchev–Trinajstić information content (AvgIpc) is 2.74. The number of ether oxygens (including phenoxy) is 1. The molecule has 1 aliphatic heterocycles. The number of likely N-dealkylation sites (tertiary alicyclic amines) is 1. The van der Waals surface area contributed by atoms with E-state index >= 15 is 0 Å². The molecule has 0 aromatic heterocycles. The van der Waals surface area contributed by atoms with Crippen LogP contribution in [-0.2, 0) is 27.5 Å². The van der Waals surface area contributed by atoms with Gasteiger partial charge < -0.3 is 20.7 Å². The van der Waals surface area contributed by atoms with Gasteiger partial charge in [-0.15, -0.1) is 0 Å². The maximum absolute atomic E-state index is 11.2. The summed E-state index contributed by atoms with van der Waals surface area (Å²) >= 11 is 0. The molecule has 0 spiro atoms. The van der Waals surface area contributed by atoms with Gasteiger partial charge in [-0.25, -0.2) is 9.59 Å².